The molecule has 7 rings (SSSR count). The number of nitrogens with zero attached hydrogens (tertiary/aromatic N) is 4. The molecule has 2 atom stereocenters. The number of morpholine rings is 1. The smallest absolute Gasteiger partial charge is 0.349 e. The quantitative estimate of drug-likeness (QED) is 0.314. The molecular weight excluding hydrogens is 521 g/mol. The van der Waals surface area contributed by atoms with Crippen LogP contribution >= 0.6 is 8.03 Å². The van der Waals surface area contributed by atoms with Gasteiger partial charge in [-0.3, -0.25) is 10.1 Å². The van der Waals surface area contributed by atoms with Crippen LogP contribution in [-0.4, -0.2) is 46.0 Å². The molecule has 1 fully saturated rings. The molecule has 8 nitrogen and oxygen atoms in total. The van der Waals surface area contributed by atoms with E-state index >= 15 is 0 Å². The van der Waals surface area contributed by atoms with E-state index < -0.39 is 8.03 Å². The van der Waals surface area contributed by atoms with Gasteiger partial charge in [-0.2, -0.15) is 5.10 Å². The Morgan fingerprint density at radius 3 is 2.70 bits per heavy atom. The van der Waals surface area contributed by atoms with Crippen LogP contribution in [0.5, 0.6) is 0 Å². The predicted octanol–water partition coefficient (Wildman–Crippen LogP) is 4.83. The summed E-state index contributed by atoms with van der Waals surface area (Å²) >= 11 is 0. The highest BCUT2D eigenvalue weighted by Crippen LogP contribution is 2.47. The fraction of sp³-hybridized carbons (Fsp3) is 0.258. The highest BCUT2D eigenvalue weighted by Gasteiger charge is 2.34. The number of benzene rings is 2. The van der Waals surface area contributed by atoms with Gasteiger partial charge in [0.05, 0.1) is 24.9 Å². The Balaban J connectivity index is 1.61. The molecule has 1 saturated heterocycles. The summed E-state index contributed by atoms with van der Waals surface area (Å²) in [5.74, 6) is 0.779. The van der Waals surface area contributed by atoms with Crippen LogP contribution in [0.1, 0.15) is 29.2 Å². The molecule has 3 aromatic heterocycles. The van der Waals surface area contributed by atoms with Crippen molar-refractivity contribution < 1.29 is 14.2 Å². The summed E-state index contributed by atoms with van der Waals surface area (Å²) in [6.07, 6.45) is 4.12. The number of H-pyrrole nitrogens is 1. The zero-order valence-electron chi connectivity index (χ0n) is 22.6. The van der Waals surface area contributed by atoms with Crippen LogP contribution in [0.3, 0.4) is 0 Å². The fourth-order valence-corrected chi connectivity index (χ4v) is 7.24. The van der Waals surface area contributed by atoms with Gasteiger partial charge in [-0.05, 0) is 78.8 Å². The molecule has 9 heteroatoms. The van der Waals surface area contributed by atoms with Crippen molar-refractivity contribution in [2.75, 3.05) is 24.7 Å². The molecular formula is C31H28N5O3P. The summed E-state index contributed by atoms with van der Waals surface area (Å²) in [5.41, 5.74) is 10.1. The molecule has 200 valence electrons. The number of rotatable bonds is 4. The van der Waals surface area contributed by atoms with Gasteiger partial charge in [0.15, 0.2) is 5.30 Å². The normalized spacial score (nSPS) is 16.8. The van der Waals surface area contributed by atoms with E-state index in [2.05, 4.69) is 45.2 Å². The van der Waals surface area contributed by atoms with Gasteiger partial charge in [-0.25, -0.2) is 4.98 Å². The molecule has 4 heterocycles. The average Bonchev–Trinajstić information content (AvgIpc) is 3.63. The summed E-state index contributed by atoms with van der Waals surface area (Å²) in [7, 11) is -2.88. The Morgan fingerprint density at radius 1 is 1.07 bits per heavy atom. The van der Waals surface area contributed by atoms with Crippen molar-refractivity contribution in [3.05, 3.63) is 77.1 Å². The van der Waals surface area contributed by atoms with Gasteiger partial charge >= 0.3 is 8.03 Å². The molecule has 1 N–H and O–H groups in total. The third kappa shape index (κ3) is 3.79. The van der Waals surface area contributed by atoms with Crippen LogP contribution in [0.4, 0.5) is 5.82 Å². The van der Waals surface area contributed by atoms with E-state index in [-0.39, 0.29) is 6.04 Å². The van der Waals surface area contributed by atoms with Crippen molar-refractivity contribution in [3.63, 3.8) is 0 Å². The average molecular weight is 550 g/mol. The lowest BCUT2D eigenvalue weighted by atomic mass is 9.88. The minimum Gasteiger partial charge on any atom is -0.591 e. The highest BCUT2D eigenvalue weighted by atomic mass is 31.1. The van der Waals surface area contributed by atoms with Gasteiger partial charge < -0.3 is 14.5 Å². The predicted molar refractivity (Wildman–Crippen MR) is 155 cm³/mol. The minimum absolute atomic E-state index is 0.115. The lowest BCUT2D eigenvalue weighted by Crippen LogP contribution is -2.44. The Kier molecular flexibility index (Phi) is 6.00. The first-order valence-corrected chi connectivity index (χ1v) is 14.6. The highest BCUT2D eigenvalue weighted by molar-refractivity contribution is 7.46. The maximum Gasteiger partial charge on any atom is 0.349 e. The molecule has 0 saturated carbocycles. The van der Waals surface area contributed by atoms with Crippen LogP contribution in [-0.2, 0) is 15.7 Å². The Morgan fingerprint density at radius 2 is 1.93 bits per heavy atom. The number of nitrogens with one attached hydrogen (secondary N) is 1. The number of ether oxygens (including phenoxy) is 1. The number of hydrogen-bond donors (Lipinski definition) is 1. The van der Waals surface area contributed by atoms with Crippen molar-refractivity contribution in [1.82, 2.24) is 20.2 Å². The first-order valence-electron chi connectivity index (χ1n) is 13.5. The van der Waals surface area contributed by atoms with Crippen molar-refractivity contribution in [3.8, 4) is 33.6 Å². The molecule has 1 aliphatic carbocycles. The Bertz CT molecular complexity index is 1820. The summed E-state index contributed by atoms with van der Waals surface area (Å²) in [6, 6.07) is 14.4. The minimum atomic E-state index is -2.88. The van der Waals surface area contributed by atoms with Crippen LogP contribution < -0.4 is 15.1 Å². The molecule has 1 aliphatic heterocycles. The second-order valence-corrected chi connectivity index (χ2v) is 11.6. The first kappa shape index (κ1) is 25.0. The molecule has 2 aliphatic rings. The van der Waals surface area contributed by atoms with Crippen LogP contribution in [0, 0.1) is 13.8 Å². The van der Waals surface area contributed by atoms with E-state index in [0.29, 0.717) is 42.7 Å². The van der Waals surface area contributed by atoms with Gasteiger partial charge in [0, 0.05) is 35.5 Å². The van der Waals surface area contributed by atoms with Gasteiger partial charge in [-0.1, -0.05) is 28.8 Å². The van der Waals surface area contributed by atoms with E-state index in [1.54, 1.807) is 12.4 Å². The standard InChI is InChI=1S/C31H28N5O3P/c1-17-16-39-13-12-36(17)26-15-23(22-8-10-32-30(29(22)34-26)25-9-11-33-35-25)28-24-14-20-6-4-5-7-21(20)27(24)18(2)19(3)31(28)40(37)38/h4-11,15,17H,12-14,16H2,1-3H3,(H,33,35)/t17-/m1/s1. The SMILES string of the molecule is Cc1c(C)c([P+](=O)[O-])c(-c2cc(N3CCOC[C@H]3C)nc3c(-c4ccn[nH]4)nccc23)c2c1-c1ccccc1C2. The Hall–Kier alpha value is -3.97. The van der Waals surface area contributed by atoms with Crippen molar-refractivity contribution in [2.45, 2.75) is 33.2 Å². The van der Waals surface area contributed by atoms with Crippen molar-refractivity contribution >= 4 is 30.1 Å². The molecule has 0 spiro atoms. The Labute approximate surface area is 232 Å². The lowest BCUT2D eigenvalue weighted by Gasteiger charge is -2.34. The van der Waals surface area contributed by atoms with Gasteiger partial charge in [-0.15, -0.1) is 0 Å². The first-order chi connectivity index (χ1) is 19.4. The zero-order chi connectivity index (χ0) is 27.5. The maximum absolute atomic E-state index is 13.0. The van der Waals surface area contributed by atoms with E-state index in [0.717, 1.165) is 50.3 Å². The van der Waals surface area contributed by atoms with Crippen LogP contribution in [0.25, 0.3) is 44.5 Å². The number of anilines is 1. The summed E-state index contributed by atoms with van der Waals surface area (Å²) in [5, 5.41) is 8.40. The van der Waals surface area contributed by atoms with Gasteiger partial charge in [0.2, 0.25) is 0 Å². The second-order valence-electron chi connectivity index (χ2n) is 10.6. The molecule has 2 aromatic carbocycles. The third-order valence-corrected chi connectivity index (χ3v) is 9.30. The maximum atomic E-state index is 13.0. The van der Waals surface area contributed by atoms with Crippen molar-refractivity contribution in [1.29, 1.82) is 0 Å². The number of aromatic amines is 1. The topological polar surface area (TPSA) is 107 Å². The third-order valence-electron chi connectivity index (χ3n) is 8.37. The molecule has 1 unspecified atom stereocenters. The molecule has 0 amide bonds. The summed E-state index contributed by atoms with van der Waals surface area (Å²) in [4.78, 5) is 25.1. The summed E-state index contributed by atoms with van der Waals surface area (Å²) in [6.45, 7) is 7.97. The number of pyridine rings is 2. The number of hydrogen-bond acceptors (Lipinski definition) is 7. The molecule has 0 radical (unpaired) electrons. The number of aromatic nitrogens is 4. The lowest BCUT2D eigenvalue weighted by molar-refractivity contribution is -0.160. The van der Waals surface area contributed by atoms with Crippen molar-refractivity contribution in [2.24, 2.45) is 0 Å². The van der Waals surface area contributed by atoms with Crippen LogP contribution in [0.2, 0.25) is 0 Å². The van der Waals surface area contributed by atoms with Gasteiger partial charge in [0.1, 0.15) is 17.0 Å². The molecule has 5 aromatic rings. The van der Waals surface area contributed by atoms with E-state index in [1.165, 1.54) is 11.1 Å². The van der Waals surface area contributed by atoms with Gasteiger partial charge in [0.25, 0.3) is 0 Å². The van der Waals surface area contributed by atoms with E-state index in [1.807, 2.05) is 38.1 Å². The van der Waals surface area contributed by atoms with E-state index in [4.69, 9.17) is 9.72 Å². The largest absolute Gasteiger partial charge is 0.591 e. The fourth-order valence-electron chi connectivity index (χ4n) is 6.36. The molecule has 40 heavy (non-hydrogen) atoms. The number of fused-ring (bicyclic) bond motifs is 4. The summed E-state index contributed by atoms with van der Waals surface area (Å²) < 4.78 is 18.8. The molecule has 0 bridgehead atoms. The van der Waals surface area contributed by atoms with E-state index in [9.17, 15) is 9.46 Å². The zero-order valence-corrected chi connectivity index (χ0v) is 23.5. The van der Waals surface area contributed by atoms with Crippen LogP contribution in [0.15, 0.2) is 54.9 Å². The monoisotopic (exact) mass is 549 g/mol. The second kappa shape index (κ2) is 9.59.